The van der Waals surface area contributed by atoms with Gasteiger partial charge in [0, 0.05) is 11.8 Å². The molecular weight excluding hydrogens is 238 g/mol. The molecule has 0 bridgehead atoms. The number of hydrogen-bond acceptors (Lipinski definition) is 5. The van der Waals surface area contributed by atoms with E-state index >= 15 is 0 Å². The number of nitrogens with two attached hydrogens (primary N) is 2. The second-order valence-corrected chi connectivity index (χ2v) is 3.51. The molecule has 96 valence electrons. The predicted molar refractivity (Wildman–Crippen MR) is 62.9 cm³/mol. The molecule has 0 radical (unpaired) electrons. The number of oxime groups is 1. The Balaban J connectivity index is 2.79. The van der Waals surface area contributed by atoms with E-state index in [4.69, 9.17) is 16.7 Å². The third-order valence-electron chi connectivity index (χ3n) is 2.17. The first-order valence-corrected chi connectivity index (χ1v) is 5.00. The van der Waals surface area contributed by atoms with Gasteiger partial charge in [-0.15, -0.1) is 0 Å². The zero-order valence-corrected chi connectivity index (χ0v) is 9.62. The molecule has 0 aliphatic rings. The second-order valence-electron chi connectivity index (χ2n) is 3.51. The zero-order chi connectivity index (χ0) is 13.7. The molecule has 0 spiro atoms. The SMILES string of the molecule is CC(NC(=O)c1ccc(C(N)=NO)cn1)C(N)=O. The second kappa shape index (κ2) is 5.62. The lowest BCUT2D eigenvalue weighted by Crippen LogP contribution is -2.42. The van der Waals surface area contributed by atoms with Crippen LogP contribution < -0.4 is 16.8 Å². The number of hydrogen-bond donors (Lipinski definition) is 4. The molecule has 1 atom stereocenters. The summed E-state index contributed by atoms with van der Waals surface area (Å²) in [6.07, 6.45) is 1.28. The van der Waals surface area contributed by atoms with Crippen LogP contribution in [0, 0.1) is 0 Å². The van der Waals surface area contributed by atoms with Gasteiger partial charge in [0.15, 0.2) is 5.84 Å². The van der Waals surface area contributed by atoms with Crippen LogP contribution in [-0.4, -0.2) is 33.9 Å². The minimum atomic E-state index is -0.789. The van der Waals surface area contributed by atoms with Crippen molar-refractivity contribution in [3.8, 4) is 0 Å². The molecule has 1 aromatic heterocycles. The van der Waals surface area contributed by atoms with Crippen LogP contribution in [0.3, 0.4) is 0 Å². The molecule has 8 nitrogen and oxygen atoms in total. The van der Waals surface area contributed by atoms with Crippen molar-refractivity contribution < 1.29 is 14.8 Å². The number of carbonyl (C=O) groups is 2. The van der Waals surface area contributed by atoms with Crippen molar-refractivity contribution in [3.05, 3.63) is 29.6 Å². The topological polar surface area (TPSA) is 144 Å². The first-order valence-electron chi connectivity index (χ1n) is 5.00. The van der Waals surface area contributed by atoms with Gasteiger partial charge in [-0.05, 0) is 19.1 Å². The van der Waals surface area contributed by atoms with Gasteiger partial charge in [0.25, 0.3) is 5.91 Å². The number of nitrogens with one attached hydrogen (secondary N) is 1. The number of nitrogens with zero attached hydrogens (tertiary/aromatic N) is 2. The smallest absolute Gasteiger partial charge is 0.270 e. The summed E-state index contributed by atoms with van der Waals surface area (Å²) in [6.45, 7) is 1.46. The highest BCUT2D eigenvalue weighted by Crippen LogP contribution is 2.00. The van der Waals surface area contributed by atoms with E-state index in [1.165, 1.54) is 25.3 Å². The Labute approximate surface area is 103 Å². The monoisotopic (exact) mass is 251 g/mol. The van der Waals surface area contributed by atoms with Gasteiger partial charge < -0.3 is 22.0 Å². The van der Waals surface area contributed by atoms with Crippen molar-refractivity contribution in [2.75, 3.05) is 0 Å². The highest BCUT2D eigenvalue weighted by Gasteiger charge is 2.14. The van der Waals surface area contributed by atoms with Gasteiger partial charge in [0.2, 0.25) is 5.91 Å². The van der Waals surface area contributed by atoms with Crippen LogP contribution in [0.5, 0.6) is 0 Å². The number of primary amides is 1. The van der Waals surface area contributed by atoms with Crippen LogP contribution in [0.15, 0.2) is 23.5 Å². The van der Waals surface area contributed by atoms with Gasteiger partial charge in [-0.25, -0.2) is 0 Å². The van der Waals surface area contributed by atoms with Gasteiger partial charge in [-0.1, -0.05) is 5.16 Å². The van der Waals surface area contributed by atoms with E-state index in [0.29, 0.717) is 5.56 Å². The maximum Gasteiger partial charge on any atom is 0.270 e. The van der Waals surface area contributed by atoms with E-state index in [2.05, 4.69) is 15.5 Å². The average molecular weight is 251 g/mol. The lowest BCUT2D eigenvalue weighted by Gasteiger charge is -2.09. The van der Waals surface area contributed by atoms with E-state index in [-0.39, 0.29) is 11.5 Å². The molecule has 0 aliphatic carbocycles. The van der Waals surface area contributed by atoms with E-state index in [9.17, 15) is 9.59 Å². The molecule has 0 aromatic carbocycles. The summed E-state index contributed by atoms with van der Waals surface area (Å²) in [5.41, 5.74) is 10.8. The molecule has 0 fully saturated rings. The van der Waals surface area contributed by atoms with Crippen molar-refractivity contribution in [2.24, 2.45) is 16.6 Å². The molecular formula is C10H13N5O3. The summed E-state index contributed by atoms with van der Waals surface area (Å²) in [7, 11) is 0. The normalized spacial score (nSPS) is 12.8. The van der Waals surface area contributed by atoms with Crippen molar-refractivity contribution in [3.63, 3.8) is 0 Å². The lowest BCUT2D eigenvalue weighted by molar-refractivity contribution is -0.119. The van der Waals surface area contributed by atoms with Crippen molar-refractivity contribution in [2.45, 2.75) is 13.0 Å². The third-order valence-corrected chi connectivity index (χ3v) is 2.17. The molecule has 6 N–H and O–H groups in total. The Bertz CT molecular complexity index is 483. The zero-order valence-electron chi connectivity index (χ0n) is 9.62. The van der Waals surface area contributed by atoms with Crippen LogP contribution >= 0.6 is 0 Å². The number of aromatic nitrogens is 1. The van der Waals surface area contributed by atoms with Gasteiger partial charge in [0.1, 0.15) is 11.7 Å². The third kappa shape index (κ3) is 3.17. The molecule has 0 aliphatic heterocycles. The number of pyridine rings is 1. The van der Waals surface area contributed by atoms with Crippen LogP contribution in [0.2, 0.25) is 0 Å². The number of amides is 2. The highest BCUT2D eigenvalue weighted by atomic mass is 16.4. The maximum atomic E-state index is 11.6. The van der Waals surface area contributed by atoms with Crippen LogP contribution in [0.25, 0.3) is 0 Å². The highest BCUT2D eigenvalue weighted by molar-refractivity contribution is 5.98. The standard InChI is InChI=1S/C10H13N5O3/c1-5(9(12)16)14-10(17)7-3-2-6(4-13-7)8(11)15-18/h2-5,18H,1H3,(H2,11,15)(H2,12,16)(H,14,17). The van der Waals surface area contributed by atoms with Gasteiger partial charge in [-0.3, -0.25) is 14.6 Å². The Hall–Kier alpha value is -2.64. The number of rotatable bonds is 4. The lowest BCUT2D eigenvalue weighted by atomic mass is 10.2. The molecule has 2 amide bonds. The van der Waals surface area contributed by atoms with E-state index in [1.807, 2.05) is 0 Å². The van der Waals surface area contributed by atoms with Crippen molar-refractivity contribution in [1.29, 1.82) is 0 Å². The number of carbonyl (C=O) groups excluding carboxylic acids is 2. The first kappa shape index (κ1) is 13.4. The van der Waals surface area contributed by atoms with E-state index < -0.39 is 17.9 Å². The fourth-order valence-electron chi connectivity index (χ4n) is 1.08. The van der Waals surface area contributed by atoms with E-state index in [1.54, 1.807) is 0 Å². The largest absolute Gasteiger partial charge is 0.409 e. The summed E-state index contributed by atoms with van der Waals surface area (Å²) in [5, 5.41) is 13.6. The summed E-state index contributed by atoms with van der Waals surface area (Å²) < 4.78 is 0. The Morgan fingerprint density at radius 1 is 1.44 bits per heavy atom. The van der Waals surface area contributed by atoms with Crippen LogP contribution in [-0.2, 0) is 4.79 Å². The van der Waals surface area contributed by atoms with Crippen LogP contribution in [0.4, 0.5) is 0 Å². The predicted octanol–water partition coefficient (Wildman–Crippen LogP) is -1.22. The van der Waals surface area contributed by atoms with Crippen molar-refractivity contribution in [1.82, 2.24) is 10.3 Å². The summed E-state index contributed by atoms with van der Waals surface area (Å²) >= 11 is 0. The molecule has 1 heterocycles. The molecule has 1 rings (SSSR count). The molecule has 0 saturated heterocycles. The Kier molecular flexibility index (Phi) is 4.19. The van der Waals surface area contributed by atoms with Gasteiger partial charge in [0.05, 0.1) is 0 Å². The van der Waals surface area contributed by atoms with Gasteiger partial charge >= 0.3 is 0 Å². The Morgan fingerprint density at radius 3 is 2.56 bits per heavy atom. The molecule has 18 heavy (non-hydrogen) atoms. The van der Waals surface area contributed by atoms with Crippen molar-refractivity contribution >= 4 is 17.6 Å². The quantitative estimate of drug-likeness (QED) is 0.229. The maximum absolute atomic E-state index is 11.6. The first-order chi connectivity index (χ1) is 8.45. The molecule has 8 heteroatoms. The minimum absolute atomic E-state index is 0.0950. The Morgan fingerprint density at radius 2 is 2.11 bits per heavy atom. The van der Waals surface area contributed by atoms with Crippen LogP contribution in [0.1, 0.15) is 23.0 Å². The summed E-state index contributed by atoms with van der Waals surface area (Å²) in [4.78, 5) is 26.2. The average Bonchev–Trinajstić information content (AvgIpc) is 2.37. The minimum Gasteiger partial charge on any atom is -0.409 e. The van der Waals surface area contributed by atoms with E-state index in [0.717, 1.165) is 0 Å². The number of amidine groups is 1. The molecule has 1 aromatic rings. The summed E-state index contributed by atoms with van der Waals surface area (Å²) in [6, 6.07) is 2.06. The molecule has 1 unspecified atom stereocenters. The fraction of sp³-hybridized carbons (Fsp3) is 0.200. The summed E-state index contributed by atoms with van der Waals surface area (Å²) in [5.74, 6) is -1.29. The molecule has 0 saturated carbocycles. The van der Waals surface area contributed by atoms with Gasteiger partial charge in [-0.2, -0.15) is 0 Å². The fourth-order valence-corrected chi connectivity index (χ4v) is 1.08.